The first-order valence-corrected chi connectivity index (χ1v) is 12.3. The predicted octanol–water partition coefficient (Wildman–Crippen LogP) is 4.86. The van der Waals surface area contributed by atoms with Gasteiger partial charge in [-0.15, -0.1) is 0 Å². The molecule has 1 unspecified atom stereocenters. The summed E-state index contributed by atoms with van der Waals surface area (Å²) in [6.07, 6.45) is 0.785. The van der Waals surface area contributed by atoms with Gasteiger partial charge in [0.15, 0.2) is 5.11 Å². The summed E-state index contributed by atoms with van der Waals surface area (Å²) in [4.78, 5) is 29.8. The molecule has 1 atom stereocenters. The topological polar surface area (TPSA) is 52.7 Å². The highest BCUT2D eigenvalue weighted by Gasteiger charge is 2.43. The van der Waals surface area contributed by atoms with Crippen LogP contribution in [0.2, 0.25) is 0 Å². The molecule has 0 spiro atoms. The Hall–Kier alpha value is -2.78. The Labute approximate surface area is 212 Å². The molecule has 0 aromatic heterocycles. The molecule has 4 rings (SSSR count). The molecule has 3 aromatic carbocycles. The van der Waals surface area contributed by atoms with Crippen LogP contribution >= 0.6 is 34.8 Å². The fourth-order valence-electron chi connectivity index (χ4n) is 3.87. The molecular formula is C26H24IN3O2S. The highest BCUT2D eigenvalue weighted by Crippen LogP contribution is 2.24. The number of anilines is 1. The molecule has 3 aromatic rings. The van der Waals surface area contributed by atoms with Crippen molar-refractivity contribution in [1.29, 1.82) is 0 Å². The molecule has 0 bridgehead atoms. The van der Waals surface area contributed by atoms with Crippen molar-refractivity contribution in [3.8, 4) is 0 Å². The van der Waals surface area contributed by atoms with Crippen molar-refractivity contribution < 1.29 is 9.59 Å². The van der Waals surface area contributed by atoms with Gasteiger partial charge in [-0.05, 0) is 76.6 Å². The van der Waals surface area contributed by atoms with Crippen LogP contribution in [0.3, 0.4) is 0 Å². The van der Waals surface area contributed by atoms with Crippen molar-refractivity contribution in [1.82, 2.24) is 9.80 Å². The molecule has 33 heavy (non-hydrogen) atoms. The Kier molecular flexibility index (Phi) is 7.72. The van der Waals surface area contributed by atoms with Crippen LogP contribution in [0.1, 0.15) is 17.5 Å². The first-order chi connectivity index (χ1) is 16.0. The normalized spacial score (nSPS) is 15.7. The number of hydrogen-bond donors (Lipinski definition) is 1. The van der Waals surface area contributed by atoms with Crippen molar-refractivity contribution in [3.05, 3.63) is 99.6 Å². The Bertz CT molecular complexity index is 1120. The van der Waals surface area contributed by atoms with Crippen LogP contribution < -0.4 is 5.32 Å². The summed E-state index contributed by atoms with van der Waals surface area (Å²) in [5.74, 6) is -0.335. The molecule has 0 aliphatic carbocycles. The van der Waals surface area contributed by atoms with E-state index in [1.807, 2.05) is 77.7 Å². The number of hydrogen-bond acceptors (Lipinski definition) is 3. The number of nitrogens with zero attached hydrogens (tertiary/aromatic N) is 2. The second-order valence-electron chi connectivity index (χ2n) is 7.90. The van der Waals surface area contributed by atoms with E-state index in [4.69, 9.17) is 12.2 Å². The minimum atomic E-state index is -0.617. The van der Waals surface area contributed by atoms with Crippen molar-refractivity contribution in [3.63, 3.8) is 0 Å². The molecule has 1 heterocycles. The predicted molar refractivity (Wildman–Crippen MR) is 143 cm³/mol. The average molecular weight is 569 g/mol. The maximum atomic E-state index is 13.4. The number of rotatable bonds is 8. The summed E-state index contributed by atoms with van der Waals surface area (Å²) >= 11 is 7.94. The van der Waals surface area contributed by atoms with E-state index in [9.17, 15) is 9.59 Å². The van der Waals surface area contributed by atoms with Gasteiger partial charge < -0.3 is 10.2 Å². The van der Waals surface area contributed by atoms with E-state index in [-0.39, 0.29) is 18.2 Å². The standard InChI is InChI=1S/C26H24IN3O2S/c27-21-11-13-22(14-12-21)28-24(31)17-23-25(32)30(18-20-9-5-2-6-10-20)26(33)29(23)16-15-19-7-3-1-4-8-19/h1-14,23H,15-18H2,(H,28,31). The van der Waals surface area contributed by atoms with Gasteiger partial charge >= 0.3 is 0 Å². The van der Waals surface area contributed by atoms with Crippen molar-refractivity contribution in [2.45, 2.75) is 25.4 Å². The van der Waals surface area contributed by atoms with Gasteiger partial charge in [-0.2, -0.15) is 0 Å². The lowest BCUT2D eigenvalue weighted by Gasteiger charge is -2.24. The van der Waals surface area contributed by atoms with Gasteiger partial charge in [0.25, 0.3) is 5.91 Å². The second kappa shape index (κ2) is 10.9. The first-order valence-electron chi connectivity index (χ1n) is 10.8. The SMILES string of the molecule is O=C(CC1C(=O)N(Cc2ccccc2)C(=S)N1CCc1ccccc1)Nc1ccc(I)cc1. The Morgan fingerprint density at radius 1 is 0.909 bits per heavy atom. The third-order valence-corrected chi connectivity index (χ3v) is 6.75. The molecule has 7 heteroatoms. The Morgan fingerprint density at radius 2 is 1.52 bits per heavy atom. The zero-order valence-electron chi connectivity index (χ0n) is 18.0. The highest BCUT2D eigenvalue weighted by molar-refractivity contribution is 14.1. The number of amides is 2. The maximum Gasteiger partial charge on any atom is 0.252 e. The van der Waals surface area contributed by atoms with E-state index < -0.39 is 6.04 Å². The van der Waals surface area contributed by atoms with E-state index in [0.29, 0.717) is 23.9 Å². The van der Waals surface area contributed by atoms with Gasteiger partial charge in [0.05, 0.1) is 13.0 Å². The summed E-state index contributed by atoms with van der Waals surface area (Å²) < 4.78 is 1.09. The summed E-state index contributed by atoms with van der Waals surface area (Å²) in [6, 6.07) is 26.8. The molecule has 1 aliphatic rings. The van der Waals surface area contributed by atoms with Crippen LogP contribution in [-0.4, -0.2) is 39.3 Å². The molecule has 168 valence electrons. The smallest absolute Gasteiger partial charge is 0.252 e. The molecular weight excluding hydrogens is 545 g/mol. The minimum Gasteiger partial charge on any atom is -0.336 e. The number of nitrogens with one attached hydrogen (secondary N) is 1. The molecule has 5 nitrogen and oxygen atoms in total. The largest absolute Gasteiger partial charge is 0.336 e. The van der Waals surface area contributed by atoms with E-state index in [1.165, 1.54) is 0 Å². The maximum absolute atomic E-state index is 13.4. The fourth-order valence-corrected chi connectivity index (χ4v) is 4.60. The van der Waals surface area contributed by atoms with Gasteiger partial charge in [0, 0.05) is 15.8 Å². The van der Waals surface area contributed by atoms with Gasteiger partial charge in [-0.1, -0.05) is 60.7 Å². The van der Waals surface area contributed by atoms with Gasteiger partial charge in [0.2, 0.25) is 5.91 Å². The van der Waals surface area contributed by atoms with Crippen LogP contribution in [0.15, 0.2) is 84.9 Å². The third kappa shape index (κ3) is 5.97. The number of halogens is 1. The number of thiocarbonyl (C=S) groups is 1. The van der Waals surface area contributed by atoms with E-state index in [2.05, 4.69) is 40.0 Å². The minimum absolute atomic E-state index is 0.0467. The van der Waals surface area contributed by atoms with E-state index in [1.54, 1.807) is 4.90 Å². The summed E-state index contributed by atoms with van der Waals surface area (Å²) in [7, 11) is 0. The summed E-state index contributed by atoms with van der Waals surface area (Å²) in [5.41, 5.74) is 2.88. The third-order valence-electron chi connectivity index (χ3n) is 5.58. The fraction of sp³-hybridized carbons (Fsp3) is 0.192. The molecule has 1 N–H and O–H groups in total. The van der Waals surface area contributed by atoms with Crippen molar-refractivity contribution >= 4 is 57.4 Å². The lowest BCUT2D eigenvalue weighted by Crippen LogP contribution is -2.39. The molecule has 1 saturated heterocycles. The van der Waals surface area contributed by atoms with Crippen LogP contribution in [0, 0.1) is 3.57 Å². The van der Waals surface area contributed by atoms with Crippen LogP contribution in [0.5, 0.6) is 0 Å². The number of carbonyl (C=O) groups is 2. The first kappa shape index (κ1) is 23.4. The zero-order chi connectivity index (χ0) is 23.2. The summed E-state index contributed by atoms with van der Waals surface area (Å²) in [6.45, 7) is 0.969. The monoisotopic (exact) mass is 569 g/mol. The van der Waals surface area contributed by atoms with E-state index in [0.717, 1.165) is 21.1 Å². The zero-order valence-corrected chi connectivity index (χ0v) is 21.0. The molecule has 0 saturated carbocycles. The lowest BCUT2D eigenvalue weighted by atomic mass is 10.1. The Morgan fingerprint density at radius 3 is 2.15 bits per heavy atom. The average Bonchev–Trinajstić information content (AvgIpc) is 3.04. The highest BCUT2D eigenvalue weighted by atomic mass is 127. The summed E-state index contributed by atoms with van der Waals surface area (Å²) in [5, 5.41) is 3.39. The lowest BCUT2D eigenvalue weighted by molar-refractivity contribution is -0.131. The van der Waals surface area contributed by atoms with Crippen LogP contribution in [0.4, 0.5) is 5.69 Å². The molecule has 0 radical (unpaired) electrons. The number of benzene rings is 3. The molecule has 1 fully saturated rings. The van der Waals surface area contributed by atoms with Crippen molar-refractivity contribution in [2.75, 3.05) is 11.9 Å². The van der Waals surface area contributed by atoms with Gasteiger partial charge in [-0.3, -0.25) is 14.5 Å². The number of carbonyl (C=O) groups excluding carboxylic acids is 2. The van der Waals surface area contributed by atoms with Gasteiger partial charge in [-0.25, -0.2) is 0 Å². The quantitative estimate of drug-likeness (QED) is 0.311. The van der Waals surface area contributed by atoms with Crippen LogP contribution in [-0.2, 0) is 22.6 Å². The second-order valence-corrected chi connectivity index (χ2v) is 9.51. The molecule has 1 aliphatic heterocycles. The Balaban J connectivity index is 1.50. The van der Waals surface area contributed by atoms with Crippen LogP contribution in [0.25, 0.3) is 0 Å². The van der Waals surface area contributed by atoms with Crippen molar-refractivity contribution in [2.24, 2.45) is 0 Å². The van der Waals surface area contributed by atoms with Gasteiger partial charge in [0.1, 0.15) is 6.04 Å². The van der Waals surface area contributed by atoms with E-state index >= 15 is 0 Å². The molecule has 2 amide bonds.